The van der Waals surface area contributed by atoms with Gasteiger partial charge in [0.2, 0.25) is 0 Å². The Hall–Kier alpha value is -2.68. The lowest BCUT2D eigenvalue weighted by atomic mass is 10.1. The van der Waals surface area contributed by atoms with Gasteiger partial charge in [0, 0.05) is 36.1 Å². The van der Waals surface area contributed by atoms with Crippen LogP contribution in [0.4, 0.5) is 11.4 Å². The average Bonchev–Trinajstić information content (AvgIpc) is 2.65. The predicted octanol–water partition coefficient (Wildman–Crippen LogP) is 5.09. The molecule has 0 fully saturated rings. The molecule has 0 bridgehead atoms. The number of aromatic hydroxyl groups is 1. The molecule has 0 saturated carbocycles. The predicted molar refractivity (Wildman–Crippen MR) is 110 cm³/mol. The molecular formula is C20H19Cl2N3O2. The molecule has 0 unspecified atom stereocenters. The largest absolute Gasteiger partial charge is 0.507 e. The van der Waals surface area contributed by atoms with Crippen molar-refractivity contribution in [3.63, 3.8) is 0 Å². The molecule has 2 aromatic carbocycles. The number of hydrogen-bond donors (Lipinski definition) is 2. The SMILES string of the molecule is CCN(CC)c1ccc(/C=C(\C#N)C(=O)Nc2ccc(Cl)c(Cl)c2)c(O)c1. The van der Waals surface area contributed by atoms with Gasteiger partial charge in [-0.1, -0.05) is 23.2 Å². The number of amides is 1. The van der Waals surface area contributed by atoms with E-state index in [2.05, 4.69) is 10.2 Å². The highest BCUT2D eigenvalue weighted by atomic mass is 35.5. The monoisotopic (exact) mass is 403 g/mol. The molecule has 0 radical (unpaired) electrons. The van der Waals surface area contributed by atoms with Crippen LogP contribution in [-0.4, -0.2) is 24.1 Å². The second kappa shape index (κ2) is 9.31. The van der Waals surface area contributed by atoms with E-state index in [9.17, 15) is 15.2 Å². The Morgan fingerprint density at radius 2 is 1.89 bits per heavy atom. The summed E-state index contributed by atoms with van der Waals surface area (Å²) in [5.41, 5.74) is 1.52. The molecule has 5 nitrogen and oxygen atoms in total. The van der Waals surface area contributed by atoms with E-state index in [4.69, 9.17) is 23.2 Å². The Bertz CT molecular complexity index is 916. The molecule has 0 aromatic heterocycles. The van der Waals surface area contributed by atoms with Gasteiger partial charge in [-0.15, -0.1) is 0 Å². The number of rotatable bonds is 6. The molecule has 0 saturated heterocycles. The van der Waals surface area contributed by atoms with Crippen LogP contribution in [-0.2, 0) is 4.79 Å². The number of phenols is 1. The number of benzene rings is 2. The second-order valence-corrected chi connectivity index (χ2v) is 6.48. The van der Waals surface area contributed by atoms with Gasteiger partial charge in [0.25, 0.3) is 5.91 Å². The molecule has 0 aliphatic rings. The van der Waals surface area contributed by atoms with Crippen LogP contribution in [0.5, 0.6) is 5.75 Å². The number of hydrogen-bond acceptors (Lipinski definition) is 4. The first-order valence-electron chi connectivity index (χ1n) is 8.35. The van der Waals surface area contributed by atoms with E-state index >= 15 is 0 Å². The van der Waals surface area contributed by atoms with Crippen molar-refractivity contribution in [3.05, 3.63) is 57.6 Å². The standard InChI is InChI=1S/C20H19Cl2N3O2/c1-3-25(4-2)16-7-5-13(19(26)11-16)9-14(12-23)20(27)24-15-6-8-17(21)18(22)10-15/h5-11,26H,3-4H2,1-2H3,(H,24,27)/b14-9+. The molecule has 0 aliphatic heterocycles. The van der Waals surface area contributed by atoms with Crippen LogP contribution < -0.4 is 10.2 Å². The lowest BCUT2D eigenvalue weighted by molar-refractivity contribution is -0.112. The fraction of sp³-hybridized carbons (Fsp3) is 0.200. The van der Waals surface area contributed by atoms with Crippen LogP contribution >= 0.6 is 23.2 Å². The van der Waals surface area contributed by atoms with Crippen molar-refractivity contribution in [1.82, 2.24) is 0 Å². The Morgan fingerprint density at radius 1 is 1.19 bits per heavy atom. The van der Waals surface area contributed by atoms with Crippen molar-refractivity contribution in [2.75, 3.05) is 23.3 Å². The van der Waals surface area contributed by atoms with Crippen molar-refractivity contribution < 1.29 is 9.90 Å². The third kappa shape index (κ3) is 5.16. The highest BCUT2D eigenvalue weighted by molar-refractivity contribution is 6.42. The number of halogens is 2. The molecule has 0 spiro atoms. The van der Waals surface area contributed by atoms with Crippen molar-refractivity contribution in [1.29, 1.82) is 5.26 Å². The molecule has 140 valence electrons. The number of phenolic OH excluding ortho intramolecular Hbond substituents is 1. The molecule has 2 aromatic rings. The van der Waals surface area contributed by atoms with Gasteiger partial charge < -0.3 is 15.3 Å². The molecule has 0 atom stereocenters. The van der Waals surface area contributed by atoms with Crippen LogP contribution in [0.3, 0.4) is 0 Å². The van der Waals surface area contributed by atoms with E-state index < -0.39 is 5.91 Å². The van der Waals surface area contributed by atoms with Gasteiger partial charge in [-0.05, 0) is 50.3 Å². The highest BCUT2D eigenvalue weighted by Gasteiger charge is 2.13. The van der Waals surface area contributed by atoms with Crippen LogP contribution in [0.1, 0.15) is 19.4 Å². The molecule has 2 N–H and O–H groups in total. The van der Waals surface area contributed by atoms with Gasteiger partial charge >= 0.3 is 0 Å². The maximum absolute atomic E-state index is 12.4. The second-order valence-electron chi connectivity index (χ2n) is 5.67. The number of nitriles is 1. The van der Waals surface area contributed by atoms with Gasteiger partial charge in [0.05, 0.1) is 10.0 Å². The summed E-state index contributed by atoms with van der Waals surface area (Å²) < 4.78 is 0. The lowest BCUT2D eigenvalue weighted by Crippen LogP contribution is -2.21. The lowest BCUT2D eigenvalue weighted by Gasteiger charge is -2.21. The zero-order valence-corrected chi connectivity index (χ0v) is 16.5. The molecule has 2 rings (SSSR count). The zero-order chi connectivity index (χ0) is 20.0. The normalized spacial score (nSPS) is 11.0. The van der Waals surface area contributed by atoms with Gasteiger partial charge in [-0.2, -0.15) is 5.26 Å². The van der Waals surface area contributed by atoms with Crippen molar-refractivity contribution >= 4 is 46.6 Å². The maximum atomic E-state index is 12.4. The smallest absolute Gasteiger partial charge is 0.266 e. The summed E-state index contributed by atoms with van der Waals surface area (Å²) in [5, 5.41) is 22.8. The van der Waals surface area contributed by atoms with Crippen molar-refractivity contribution in [2.24, 2.45) is 0 Å². The summed E-state index contributed by atoms with van der Waals surface area (Å²) in [6.45, 7) is 5.66. The Balaban J connectivity index is 2.25. The molecular weight excluding hydrogens is 385 g/mol. The summed E-state index contributed by atoms with van der Waals surface area (Å²) in [6.07, 6.45) is 1.34. The summed E-state index contributed by atoms with van der Waals surface area (Å²) in [7, 11) is 0. The summed E-state index contributed by atoms with van der Waals surface area (Å²) in [5.74, 6) is -0.613. The van der Waals surface area contributed by atoms with Gasteiger partial charge in [-0.3, -0.25) is 4.79 Å². The molecule has 7 heteroatoms. The van der Waals surface area contributed by atoms with Crippen LogP contribution in [0.2, 0.25) is 10.0 Å². The van der Waals surface area contributed by atoms with Gasteiger partial charge in [-0.25, -0.2) is 0 Å². The molecule has 0 aliphatic carbocycles. The zero-order valence-electron chi connectivity index (χ0n) is 15.0. The quantitative estimate of drug-likeness (QED) is 0.519. The molecule has 0 heterocycles. The summed E-state index contributed by atoms with van der Waals surface area (Å²) >= 11 is 11.8. The van der Waals surface area contributed by atoms with Crippen LogP contribution in [0.15, 0.2) is 42.0 Å². The van der Waals surface area contributed by atoms with E-state index in [1.54, 1.807) is 24.3 Å². The van der Waals surface area contributed by atoms with Crippen molar-refractivity contribution in [3.8, 4) is 11.8 Å². The summed E-state index contributed by atoms with van der Waals surface area (Å²) in [6, 6.07) is 11.6. The molecule has 1 amide bonds. The number of nitrogens with zero attached hydrogens (tertiary/aromatic N) is 2. The Morgan fingerprint density at radius 3 is 2.44 bits per heavy atom. The Labute approximate surface area is 168 Å². The fourth-order valence-electron chi connectivity index (χ4n) is 2.52. The van der Waals surface area contributed by atoms with Crippen LogP contribution in [0, 0.1) is 11.3 Å². The molecule has 27 heavy (non-hydrogen) atoms. The number of carbonyl (C=O) groups excluding carboxylic acids is 1. The highest BCUT2D eigenvalue weighted by Crippen LogP contribution is 2.28. The first-order chi connectivity index (χ1) is 12.9. The van der Waals surface area contributed by atoms with Crippen molar-refractivity contribution in [2.45, 2.75) is 13.8 Å². The van der Waals surface area contributed by atoms with E-state index in [0.29, 0.717) is 21.3 Å². The number of carbonyl (C=O) groups is 1. The van der Waals surface area contributed by atoms with Crippen LogP contribution in [0.25, 0.3) is 6.08 Å². The fourth-order valence-corrected chi connectivity index (χ4v) is 2.81. The van der Waals surface area contributed by atoms with E-state index in [1.165, 1.54) is 12.1 Å². The topological polar surface area (TPSA) is 76.4 Å². The minimum atomic E-state index is -0.608. The average molecular weight is 404 g/mol. The van der Waals surface area contributed by atoms with E-state index in [1.807, 2.05) is 26.0 Å². The summed E-state index contributed by atoms with van der Waals surface area (Å²) in [4.78, 5) is 14.4. The third-order valence-electron chi connectivity index (χ3n) is 3.98. The van der Waals surface area contributed by atoms with E-state index in [-0.39, 0.29) is 11.3 Å². The van der Waals surface area contributed by atoms with Gasteiger partial charge in [0.15, 0.2) is 0 Å². The minimum Gasteiger partial charge on any atom is -0.507 e. The Kier molecular flexibility index (Phi) is 7.12. The number of nitrogens with one attached hydrogen (secondary N) is 1. The first-order valence-corrected chi connectivity index (χ1v) is 9.11. The van der Waals surface area contributed by atoms with E-state index in [0.717, 1.165) is 18.8 Å². The van der Waals surface area contributed by atoms with Gasteiger partial charge in [0.1, 0.15) is 17.4 Å². The minimum absolute atomic E-state index is 0.00510. The maximum Gasteiger partial charge on any atom is 0.266 e. The third-order valence-corrected chi connectivity index (χ3v) is 4.72. The first kappa shape index (κ1) is 20.6. The number of anilines is 2.